The number of nitrogens with one attached hydrogen (secondary N) is 1. The highest BCUT2D eigenvalue weighted by Gasteiger charge is 2.32. The molecule has 0 spiro atoms. The Labute approximate surface area is 179 Å². The Morgan fingerprint density at radius 1 is 1.07 bits per heavy atom. The van der Waals surface area contributed by atoms with Crippen LogP contribution in [0.4, 0.5) is 0 Å². The number of nitrogens with zero attached hydrogens (tertiary/aromatic N) is 2. The predicted octanol–water partition coefficient (Wildman–Crippen LogP) is 5.67. The zero-order chi connectivity index (χ0) is 21.1. The van der Waals surface area contributed by atoms with Crippen LogP contribution in [0, 0.1) is 0 Å². The monoisotopic (exact) mass is 401 g/mol. The molecule has 1 N–H and O–H groups in total. The fourth-order valence-electron chi connectivity index (χ4n) is 4.13. The molecule has 156 valence electrons. The quantitative estimate of drug-likeness (QED) is 0.599. The molecule has 1 amide bonds. The van der Waals surface area contributed by atoms with Crippen LogP contribution in [0.3, 0.4) is 0 Å². The van der Waals surface area contributed by atoms with Crippen LogP contribution in [0.15, 0.2) is 60.8 Å². The highest BCUT2D eigenvalue weighted by Crippen LogP contribution is 2.32. The number of amides is 1. The molecular formula is C26H31N3O. The van der Waals surface area contributed by atoms with Gasteiger partial charge in [-0.1, -0.05) is 75.4 Å². The second-order valence-electron chi connectivity index (χ2n) is 9.24. The highest BCUT2D eigenvalue weighted by atomic mass is 16.2. The number of aromatic nitrogens is 2. The van der Waals surface area contributed by atoms with Gasteiger partial charge in [0.1, 0.15) is 5.82 Å². The van der Waals surface area contributed by atoms with Gasteiger partial charge in [0, 0.05) is 30.3 Å². The van der Waals surface area contributed by atoms with Crippen LogP contribution in [-0.4, -0.2) is 27.3 Å². The summed E-state index contributed by atoms with van der Waals surface area (Å²) in [6.45, 7) is 7.34. The van der Waals surface area contributed by atoms with Gasteiger partial charge < -0.3 is 9.88 Å². The maximum Gasteiger partial charge on any atom is 0.223 e. The van der Waals surface area contributed by atoms with Crippen molar-refractivity contribution in [2.45, 2.75) is 57.9 Å². The van der Waals surface area contributed by atoms with Gasteiger partial charge in [-0.3, -0.25) is 4.79 Å². The second-order valence-corrected chi connectivity index (χ2v) is 9.24. The summed E-state index contributed by atoms with van der Waals surface area (Å²) >= 11 is 0. The number of aryl methyl sites for hydroxylation is 1. The van der Waals surface area contributed by atoms with E-state index in [1.54, 1.807) is 0 Å². The summed E-state index contributed by atoms with van der Waals surface area (Å²) in [5.74, 6) is 1.15. The molecule has 30 heavy (non-hydrogen) atoms. The molecule has 0 bridgehead atoms. The number of imidazole rings is 1. The van der Waals surface area contributed by atoms with Crippen LogP contribution in [0.2, 0.25) is 0 Å². The van der Waals surface area contributed by atoms with E-state index in [2.05, 4.69) is 79.3 Å². The first kappa shape index (κ1) is 20.4. The Balaban J connectivity index is 1.38. The van der Waals surface area contributed by atoms with E-state index in [0.29, 0.717) is 6.42 Å². The number of H-pyrrole nitrogens is 1. The minimum atomic E-state index is 0.0323. The van der Waals surface area contributed by atoms with Crippen molar-refractivity contribution in [1.29, 1.82) is 0 Å². The van der Waals surface area contributed by atoms with Crippen molar-refractivity contribution in [2.24, 2.45) is 0 Å². The van der Waals surface area contributed by atoms with E-state index in [0.717, 1.165) is 37.3 Å². The van der Waals surface area contributed by atoms with Gasteiger partial charge in [-0.25, -0.2) is 4.98 Å². The van der Waals surface area contributed by atoms with Crippen molar-refractivity contribution >= 4 is 5.91 Å². The van der Waals surface area contributed by atoms with Gasteiger partial charge >= 0.3 is 0 Å². The van der Waals surface area contributed by atoms with Crippen molar-refractivity contribution in [3.63, 3.8) is 0 Å². The largest absolute Gasteiger partial charge is 0.344 e. The van der Waals surface area contributed by atoms with E-state index in [1.807, 2.05) is 17.2 Å². The van der Waals surface area contributed by atoms with Gasteiger partial charge in [0.05, 0.1) is 6.04 Å². The van der Waals surface area contributed by atoms with Crippen molar-refractivity contribution in [3.8, 4) is 11.1 Å². The molecule has 1 aliphatic rings. The summed E-state index contributed by atoms with van der Waals surface area (Å²) in [6, 6.07) is 19.0. The molecule has 3 aromatic rings. The lowest BCUT2D eigenvalue weighted by Gasteiger charge is -2.24. The van der Waals surface area contributed by atoms with Gasteiger partial charge in [-0.05, 0) is 36.0 Å². The van der Waals surface area contributed by atoms with Crippen LogP contribution >= 0.6 is 0 Å². The Morgan fingerprint density at radius 3 is 2.43 bits per heavy atom. The standard InChI is InChI=1S/C26H31N3O/c1-26(2,3)23-18-27-25(28-23)22-10-7-17-29(22)24(30)16-13-19-11-14-21(15-12-19)20-8-5-4-6-9-20/h4-6,8-9,11-12,14-15,18,22H,7,10,13,16-17H2,1-3H3,(H,27,28)/t22-/m0/s1. The van der Waals surface area contributed by atoms with Gasteiger partial charge in [-0.15, -0.1) is 0 Å². The van der Waals surface area contributed by atoms with Crippen LogP contribution in [0.25, 0.3) is 11.1 Å². The normalized spacial score (nSPS) is 16.8. The lowest BCUT2D eigenvalue weighted by atomic mass is 9.93. The average molecular weight is 402 g/mol. The molecule has 2 heterocycles. The Kier molecular flexibility index (Phi) is 5.76. The summed E-state index contributed by atoms with van der Waals surface area (Å²) in [5, 5.41) is 0. The van der Waals surface area contributed by atoms with Crippen LogP contribution in [0.5, 0.6) is 0 Å². The molecule has 1 atom stereocenters. The fraction of sp³-hybridized carbons (Fsp3) is 0.385. The van der Waals surface area contributed by atoms with Crippen LogP contribution in [0.1, 0.15) is 63.2 Å². The van der Waals surface area contributed by atoms with E-state index in [9.17, 15) is 4.79 Å². The number of rotatable bonds is 5. The Bertz CT molecular complexity index is 983. The maximum absolute atomic E-state index is 13.0. The molecule has 4 nitrogen and oxygen atoms in total. The third kappa shape index (κ3) is 4.48. The molecule has 4 rings (SSSR count). The SMILES string of the molecule is CC(C)(C)c1cnc([C@@H]2CCCN2C(=O)CCc2ccc(-c3ccccc3)cc2)[nH]1. The number of hydrogen-bond acceptors (Lipinski definition) is 2. The predicted molar refractivity (Wildman–Crippen MR) is 121 cm³/mol. The first-order valence-electron chi connectivity index (χ1n) is 10.9. The number of carbonyl (C=O) groups is 1. The molecule has 4 heteroatoms. The third-order valence-electron chi connectivity index (χ3n) is 5.98. The van der Waals surface area contributed by atoms with E-state index in [4.69, 9.17) is 0 Å². The summed E-state index contributed by atoms with van der Waals surface area (Å²) < 4.78 is 0. The molecule has 0 aliphatic carbocycles. The van der Waals surface area contributed by atoms with Crippen LogP contribution in [-0.2, 0) is 16.6 Å². The topological polar surface area (TPSA) is 49.0 Å². The molecule has 1 aliphatic heterocycles. The van der Waals surface area contributed by atoms with Crippen LogP contribution < -0.4 is 0 Å². The zero-order valence-corrected chi connectivity index (χ0v) is 18.2. The van der Waals surface area contributed by atoms with Gasteiger partial charge in [-0.2, -0.15) is 0 Å². The fourth-order valence-corrected chi connectivity index (χ4v) is 4.13. The van der Waals surface area contributed by atoms with Gasteiger partial charge in [0.15, 0.2) is 0 Å². The molecular weight excluding hydrogens is 370 g/mol. The van der Waals surface area contributed by atoms with E-state index in [-0.39, 0.29) is 17.4 Å². The zero-order valence-electron chi connectivity index (χ0n) is 18.2. The lowest BCUT2D eigenvalue weighted by molar-refractivity contribution is -0.132. The Morgan fingerprint density at radius 2 is 1.77 bits per heavy atom. The summed E-state index contributed by atoms with van der Waals surface area (Å²) in [7, 11) is 0. The van der Waals surface area contributed by atoms with Crippen molar-refractivity contribution in [1.82, 2.24) is 14.9 Å². The number of benzene rings is 2. The molecule has 1 saturated heterocycles. The number of carbonyl (C=O) groups excluding carboxylic acids is 1. The number of likely N-dealkylation sites (tertiary alicyclic amines) is 1. The van der Waals surface area contributed by atoms with E-state index in [1.165, 1.54) is 16.7 Å². The summed E-state index contributed by atoms with van der Waals surface area (Å²) in [6.07, 6.45) is 5.24. The number of hydrogen-bond donors (Lipinski definition) is 1. The van der Waals surface area contributed by atoms with E-state index >= 15 is 0 Å². The number of aromatic amines is 1. The second kappa shape index (κ2) is 8.47. The molecule has 1 fully saturated rings. The minimum Gasteiger partial charge on any atom is -0.344 e. The molecule has 0 radical (unpaired) electrons. The van der Waals surface area contributed by atoms with Crippen molar-refractivity contribution in [3.05, 3.63) is 77.9 Å². The lowest BCUT2D eigenvalue weighted by Crippen LogP contribution is -2.31. The minimum absolute atomic E-state index is 0.0323. The third-order valence-corrected chi connectivity index (χ3v) is 5.98. The maximum atomic E-state index is 13.0. The first-order valence-corrected chi connectivity index (χ1v) is 10.9. The van der Waals surface area contributed by atoms with Gasteiger partial charge in [0.25, 0.3) is 0 Å². The summed E-state index contributed by atoms with van der Waals surface area (Å²) in [5.41, 5.74) is 4.78. The Hall–Kier alpha value is -2.88. The average Bonchev–Trinajstić information content (AvgIpc) is 3.42. The molecule has 0 saturated carbocycles. The molecule has 2 aromatic carbocycles. The molecule has 1 aromatic heterocycles. The van der Waals surface area contributed by atoms with Gasteiger partial charge in [0.2, 0.25) is 5.91 Å². The molecule has 0 unspecified atom stereocenters. The van der Waals surface area contributed by atoms with Crippen molar-refractivity contribution in [2.75, 3.05) is 6.54 Å². The smallest absolute Gasteiger partial charge is 0.223 e. The van der Waals surface area contributed by atoms with E-state index < -0.39 is 0 Å². The summed E-state index contributed by atoms with van der Waals surface area (Å²) in [4.78, 5) is 23.1. The highest BCUT2D eigenvalue weighted by molar-refractivity contribution is 5.77. The first-order chi connectivity index (χ1) is 14.4. The van der Waals surface area contributed by atoms with Crippen molar-refractivity contribution < 1.29 is 4.79 Å².